The maximum Gasteiger partial charge on any atom is 0.264 e. The molecule has 0 heterocycles. The summed E-state index contributed by atoms with van der Waals surface area (Å²) in [5.74, 6) is -2.60. The molecule has 0 aliphatic heterocycles. The van der Waals surface area contributed by atoms with Gasteiger partial charge in [0, 0.05) is 6.92 Å². The Morgan fingerprint density at radius 1 is 1.73 bits per heavy atom. The first-order valence-corrected chi connectivity index (χ1v) is 2.99. The van der Waals surface area contributed by atoms with Crippen molar-refractivity contribution in [1.29, 1.82) is 5.26 Å². The zero-order valence-corrected chi connectivity index (χ0v) is 6.36. The van der Waals surface area contributed by atoms with E-state index >= 15 is 0 Å². The molecule has 3 nitrogen and oxygen atoms in total. The summed E-state index contributed by atoms with van der Waals surface area (Å²) in [5.41, 5.74) is 0. The smallest absolute Gasteiger partial charge is 0.264 e. The third-order valence-electron chi connectivity index (χ3n) is 0.831. The van der Waals surface area contributed by atoms with Crippen molar-refractivity contribution in [3.63, 3.8) is 0 Å². The lowest BCUT2D eigenvalue weighted by Crippen LogP contribution is -2.19. The average Bonchev–Trinajstić information content (AvgIpc) is 1.83. The topological polar surface area (TPSA) is 48.2 Å². The molecule has 0 saturated heterocycles. The van der Waals surface area contributed by atoms with Gasteiger partial charge in [0.1, 0.15) is 12.4 Å². The molecule has 0 rings (SSSR count). The first-order valence-electron chi connectivity index (χ1n) is 2.99. The number of nitrogens with zero attached hydrogens (tertiary/aromatic N) is 2. The molecule has 1 N–H and O–H groups in total. The summed E-state index contributed by atoms with van der Waals surface area (Å²) in [6.45, 7) is 1.64. The van der Waals surface area contributed by atoms with Crippen molar-refractivity contribution in [2.24, 2.45) is 4.99 Å². The molecule has 0 aromatic rings. The lowest BCUT2D eigenvalue weighted by atomic mass is 10.4. The van der Waals surface area contributed by atoms with E-state index in [4.69, 9.17) is 5.26 Å². The van der Waals surface area contributed by atoms with Crippen molar-refractivity contribution < 1.29 is 8.78 Å². The fourth-order valence-corrected chi connectivity index (χ4v) is 0.378. The lowest BCUT2D eigenvalue weighted by Gasteiger charge is -2.05. The molecule has 0 radical (unpaired) electrons. The average molecular weight is 161 g/mol. The minimum atomic E-state index is -2.81. The van der Waals surface area contributed by atoms with E-state index in [2.05, 4.69) is 10.3 Å². The van der Waals surface area contributed by atoms with Crippen LogP contribution in [0.5, 0.6) is 0 Å². The molecule has 0 fully saturated rings. The fraction of sp³-hybridized carbons (Fsp3) is 0.667. The van der Waals surface area contributed by atoms with Gasteiger partial charge in [-0.1, -0.05) is 0 Å². The van der Waals surface area contributed by atoms with Crippen molar-refractivity contribution >= 4 is 5.84 Å². The van der Waals surface area contributed by atoms with E-state index in [-0.39, 0.29) is 5.84 Å². The number of rotatable bonds is 2. The predicted octanol–water partition coefficient (Wildman–Crippen LogP) is 1.13. The van der Waals surface area contributed by atoms with Gasteiger partial charge in [-0.25, -0.2) is 8.78 Å². The van der Waals surface area contributed by atoms with Crippen LogP contribution in [0.2, 0.25) is 0 Å². The molecule has 0 aliphatic rings. The fourth-order valence-electron chi connectivity index (χ4n) is 0.378. The molecular weight excluding hydrogens is 152 g/mol. The van der Waals surface area contributed by atoms with E-state index in [0.29, 0.717) is 0 Å². The second-order valence-electron chi connectivity index (χ2n) is 2.21. The minimum Gasteiger partial charge on any atom is -0.281 e. The van der Waals surface area contributed by atoms with Gasteiger partial charge in [0.2, 0.25) is 0 Å². The minimum absolute atomic E-state index is 0.203. The van der Waals surface area contributed by atoms with Gasteiger partial charge in [0.15, 0.2) is 6.19 Å². The van der Waals surface area contributed by atoms with Gasteiger partial charge < -0.3 is 0 Å². The second kappa shape index (κ2) is 3.86. The molecule has 5 heteroatoms. The standard InChI is InChI=1S/C6H9F2N3/c1-5(11-4-9)10-3-6(2,7)8/h3H2,1-2H3,(H,10,11). The molecule has 0 aromatic carbocycles. The first kappa shape index (κ1) is 9.82. The highest BCUT2D eigenvalue weighted by Gasteiger charge is 2.19. The van der Waals surface area contributed by atoms with Gasteiger partial charge in [0.05, 0.1) is 0 Å². The van der Waals surface area contributed by atoms with Crippen molar-refractivity contribution in [2.45, 2.75) is 19.8 Å². The number of nitrogens with one attached hydrogen (secondary N) is 1. The van der Waals surface area contributed by atoms with Gasteiger partial charge in [-0.3, -0.25) is 10.3 Å². The Hall–Kier alpha value is -1.18. The molecule has 0 unspecified atom stereocenters. The summed E-state index contributed by atoms with van der Waals surface area (Å²) in [4.78, 5) is 3.42. The van der Waals surface area contributed by atoms with Gasteiger partial charge in [-0.05, 0) is 6.92 Å². The van der Waals surface area contributed by atoms with E-state index < -0.39 is 12.5 Å². The number of hydrogen-bond acceptors (Lipinski definition) is 2. The summed E-state index contributed by atoms with van der Waals surface area (Å²) in [5, 5.41) is 10.2. The maximum atomic E-state index is 12.1. The van der Waals surface area contributed by atoms with Crippen LogP contribution in [0.3, 0.4) is 0 Å². The Kier molecular flexibility index (Phi) is 3.45. The zero-order valence-electron chi connectivity index (χ0n) is 6.36. The number of hydrogen-bond donors (Lipinski definition) is 1. The third-order valence-corrected chi connectivity index (χ3v) is 0.831. The lowest BCUT2D eigenvalue weighted by molar-refractivity contribution is 0.0326. The Balaban J connectivity index is 3.85. The summed E-state index contributed by atoms with van der Waals surface area (Å²) in [6, 6.07) is 0. The van der Waals surface area contributed by atoms with Crippen LogP contribution >= 0.6 is 0 Å². The summed E-state index contributed by atoms with van der Waals surface area (Å²) in [7, 11) is 0. The Bertz CT molecular complexity index is 187. The molecule has 0 aromatic heterocycles. The van der Waals surface area contributed by atoms with Crippen molar-refractivity contribution in [3.05, 3.63) is 0 Å². The number of nitriles is 1. The zero-order chi connectivity index (χ0) is 8.91. The van der Waals surface area contributed by atoms with E-state index in [1.165, 1.54) is 6.92 Å². The predicted molar refractivity (Wildman–Crippen MR) is 37.3 cm³/mol. The number of aliphatic imine (C=N–C) groups is 1. The van der Waals surface area contributed by atoms with Crippen LogP contribution in [0.15, 0.2) is 4.99 Å². The van der Waals surface area contributed by atoms with Crippen molar-refractivity contribution in [2.75, 3.05) is 6.54 Å². The van der Waals surface area contributed by atoms with Crippen LogP contribution in [0, 0.1) is 11.5 Å². The Morgan fingerprint density at radius 2 is 2.27 bits per heavy atom. The van der Waals surface area contributed by atoms with E-state index in [1.54, 1.807) is 6.19 Å². The van der Waals surface area contributed by atoms with E-state index in [9.17, 15) is 8.78 Å². The van der Waals surface area contributed by atoms with Gasteiger partial charge in [-0.15, -0.1) is 0 Å². The summed E-state index contributed by atoms with van der Waals surface area (Å²) < 4.78 is 24.2. The number of amidine groups is 1. The van der Waals surface area contributed by atoms with Crippen LogP contribution in [0.1, 0.15) is 13.8 Å². The molecule has 0 spiro atoms. The SMILES string of the molecule is CC(=NCC(C)(F)F)NC#N. The normalized spacial score (nSPS) is 12.5. The summed E-state index contributed by atoms with van der Waals surface area (Å²) in [6.07, 6.45) is 1.58. The molecule has 11 heavy (non-hydrogen) atoms. The van der Waals surface area contributed by atoms with Crippen LogP contribution < -0.4 is 5.32 Å². The number of alkyl halides is 2. The molecule has 0 amide bonds. The first-order chi connectivity index (χ1) is 4.95. The molecule has 62 valence electrons. The molecule has 0 atom stereocenters. The van der Waals surface area contributed by atoms with Gasteiger partial charge in [0.25, 0.3) is 5.92 Å². The highest BCUT2D eigenvalue weighted by molar-refractivity contribution is 5.80. The van der Waals surface area contributed by atoms with Crippen molar-refractivity contribution in [1.82, 2.24) is 5.32 Å². The highest BCUT2D eigenvalue weighted by Crippen LogP contribution is 2.10. The van der Waals surface area contributed by atoms with Crippen LogP contribution in [-0.4, -0.2) is 18.3 Å². The third kappa shape index (κ3) is 6.71. The molecule has 0 bridgehead atoms. The molecule has 0 aliphatic carbocycles. The summed E-state index contributed by atoms with van der Waals surface area (Å²) >= 11 is 0. The van der Waals surface area contributed by atoms with Crippen molar-refractivity contribution in [3.8, 4) is 6.19 Å². The monoisotopic (exact) mass is 161 g/mol. The number of halogens is 2. The Morgan fingerprint density at radius 3 is 2.64 bits per heavy atom. The van der Waals surface area contributed by atoms with Crippen LogP contribution in [0.4, 0.5) is 8.78 Å². The Labute approximate surface area is 63.7 Å². The largest absolute Gasteiger partial charge is 0.281 e. The van der Waals surface area contributed by atoms with Crippen LogP contribution in [-0.2, 0) is 0 Å². The van der Waals surface area contributed by atoms with E-state index in [0.717, 1.165) is 6.92 Å². The maximum absolute atomic E-state index is 12.1. The quantitative estimate of drug-likeness (QED) is 0.285. The van der Waals surface area contributed by atoms with Crippen LogP contribution in [0.25, 0.3) is 0 Å². The van der Waals surface area contributed by atoms with E-state index in [1.807, 2.05) is 0 Å². The molecule has 0 saturated carbocycles. The van der Waals surface area contributed by atoms with Gasteiger partial charge in [-0.2, -0.15) is 5.26 Å². The highest BCUT2D eigenvalue weighted by atomic mass is 19.3. The van der Waals surface area contributed by atoms with Gasteiger partial charge >= 0.3 is 0 Å². The molecular formula is C6H9F2N3. The second-order valence-corrected chi connectivity index (χ2v) is 2.21.